The summed E-state index contributed by atoms with van der Waals surface area (Å²) in [5.74, 6) is 0.515. The molecular weight excluding hydrogens is 942 g/mol. The van der Waals surface area contributed by atoms with Gasteiger partial charge in [-0.3, -0.25) is 24.5 Å². The molecule has 0 spiro atoms. The quantitative estimate of drug-likeness (QED) is 0.149. The molecule has 5 atom stereocenters. The molecule has 0 unspecified atom stereocenters. The van der Waals surface area contributed by atoms with Crippen molar-refractivity contribution >= 4 is 62.4 Å². The van der Waals surface area contributed by atoms with Gasteiger partial charge in [0.15, 0.2) is 9.84 Å². The van der Waals surface area contributed by atoms with E-state index in [1.165, 1.54) is 37.8 Å². The number of carbonyl (C=O) groups excluding carboxylic acids is 4. The Morgan fingerprint density at radius 2 is 1.36 bits per heavy atom. The number of halogens is 2. The van der Waals surface area contributed by atoms with Crippen molar-refractivity contribution in [1.29, 1.82) is 0 Å². The van der Waals surface area contributed by atoms with Crippen molar-refractivity contribution in [2.75, 3.05) is 56.5 Å². The van der Waals surface area contributed by atoms with Crippen LogP contribution >= 0.6 is 23.2 Å². The van der Waals surface area contributed by atoms with Gasteiger partial charge in [0.2, 0.25) is 23.6 Å². The highest BCUT2D eigenvalue weighted by Gasteiger charge is 2.54. The molecule has 0 aromatic heterocycles. The highest BCUT2D eigenvalue weighted by Crippen LogP contribution is 2.53. The molecule has 8 rings (SSSR count). The second-order valence-electron chi connectivity index (χ2n) is 22.3. The van der Waals surface area contributed by atoms with E-state index in [1.807, 2.05) is 79.1 Å². The predicted octanol–water partition coefficient (Wildman–Crippen LogP) is 10.1. The molecule has 14 heteroatoms. The topological polar surface area (TPSA) is 127 Å². The Morgan fingerprint density at radius 1 is 0.743 bits per heavy atom. The van der Waals surface area contributed by atoms with Crippen molar-refractivity contribution in [3.8, 4) is 0 Å². The predicted molar refractivity (Wildman–Crippen MR) is 280 cm³/mol. The Bertz CT molecular complexity index is 2430. The van der Waals surface area contributed by atoms with Gasteiger partial charge in [0.25, 0.3) is 0 Å². The van der Waals surface area contributed by atoms with E-state index in [-0.39, 0.29) is 53.6 Å². The first-order valence-corrected chi connectivity index (χ1v) is 28.6. The molecule has 5 fully saturated rings. The van der Waals surface area contributed by atoms with Crippen LogP contribution in [0.1, 0.15) is 140 Å². The summed E-state index contributed by atoms with van der Waals surface area (Å²) in [6, 6.07) is 22.4. The minimum atomic E-state index is -3.56. The molecule has 380 valence electrons. The molecule has 70 heavy (non-hydrogen) atoms. The standard InChI is InChI=1S/C56H75Cl2N5O6S/c1-37(2)50(36-70(68,69)38(3)4)63-53(43-9-13-45(57)14-10-43)49(44-7-6-8-46(58)32-44)33-56(5,55(63)67)34-52(65)62-29-21-40(22-30-62)31-39-19-25-60(26-20-39)35-41-23-27-61(28-24-41)47-15-11-42(12-16-47)48-17-18-51(64)59-54(48)66/h6-16,32,37-41,48-50,53H,17-31,33-36H2,1-5H3,(H,59,64,66)/t48-,49+,50+,53+,56+/m0/s1. The number of benzene rings is 3. The Morgan fingerprint density at radius 3 is 1.96 bits per heavy atom. The van der Waals surface area contributed by atoms with E-state index in [0.29, 0.717) is 60.2 Å². The molecule has 3 aromatic carbocycles. The lowest BCUT2D eigenvalue weighted by Crippen LogP contribution is -2.59. The zero-order chi connectivity index (χ0) is 49.9. The third kappa shape index (κ3) is 12.3. The molecule has 5 aliphatic heterocycles. The minimum absolute atomic E-state index is 0.0123. The summed E-state index contributed by atoms with van der Waals surface area (Å²) in [4.78, 5) is 62.8. The van der Waals surface area contributed by atoms with E-state index >= 15 is 4.79 Å². The third-order valence-electron chi connectivity index (χ3n) is 16.8. The van der Waals surface area contributed by atoms with Crippen molar-refractivity contribution < 1.29 is 27.6 Å². The molecule has 5 saturated heterocycles. The van der Waals surface area contributed by atoms with Crippen LogP contribution in [-0.2, 0) is 29.0 Å². The molecule has 3 aromatic rings. The number of nitrogens with one attached hydrogen (secondary N) is 1. The number of imide groups is 1. The first-order chi connectivity index (χ1) is 33.4. The molecule has 0 aliphatic carbocycles. The third-order valence-corrected chi connectivity index (χ3v) is 19.5. The number of anilines is 1. The lowest BCUT2D eigenvalue weighted by Gasteiger charge is -2.53. The first-order valence-electron chi connectivity index (χ1n) is 26.1. The summed E-state index contributed by atoms with van der Waals surface area (Å²) in [6.07, 6.45) is 9.32. The molecule has 5 heterocycles. The average molecular weight is 1020 g/mol. The van der Waals surface area contributed by atoms with Crippen LogP contribution in [0.15, 0.2) is 72.8 Å². The molecule has 4 amide bonds. The van der Waals surface area contributed by atoms with E-state index in [2.05, 4.69) is 39.4 Å². The zero-order valence-electron chi connectivity index (χ0n) is 42.0. The van der Waals surface area contributed by atoms with Crippen molar-refractivity contribution in [2.24, 2.45) is 29.1 Å². The van der Waals surface area contributed by atoms with Crippen molar-refractivity contribution in [1.82, 2.24) is 20.0 Å². The Labute approximate surface area is 427 Å². The van der Waals surface area contributed by atoms with Crippen LogP contribution in [0, 0.1) is 29.1 Å². The first kappa shape index (κ1) is 52.4. The summed E-state index contributed by atoms with van der Waals surface area (Å²) < 4.78 is 27.4. The number of sulfone groups is 1. The van der Waals surface area contributed by atoms with Crippen LogP contribution in [-0.4, -0.2) is 110 Å². The second kappa shape index (κ2) is 22.4. The second-order valence-corrected chi connectivity index (χ2v) is 25.8. The fourth-order valence-corrected chi connectivity index (χ4v) is 14.1. The van der Waals surface area contributed by atoms with Gasteiger partial charge in [0.1, 0.15) is 0 Å². The molecule has 0 bridgehead atoms. The average Bonchev–Trinajstić information content (AvgIpc) is 3.33. The van der Waals surface area contributed by atoms with Gasteiger partial charge < -0.3 is 19.6 Å². The largest absolute Gasteiger partial charge is 0.372 e. The summed E-state index contributed by atoms with van der Waals surface area (Å²) in [5.41, 5.74) is 2.90. The van der Waals surface area contributed by atoms with Crippen molar-refractivity contribution in [3.05, 3.63) is 99.5 Å². The van der Waals surface area contributed by atoms with Gasteiger partial charge in [0.05, 0.1) is 28.4 Å². The number of hydrogen-bond donors (Lipinski definition) is 1. The minimum Gasteiger partial charge on any atom is -0.372 e. The summed E-state index contributed by atoms with van der Waals surface area (Å²) in [6.45, 7) is 16.1. The van der Waals surface area contributed by atoms with Crippen LogP contribution in [0.25, 0.3) is 0 Å². The van der Waals surface area contributed by atoms with Crippen LogP contribution < -0.4 is 10.2 Å². The van der Waals surface area contributed by atoms with E-state index in [9.17, 15) is 22.8 Å². The van der Waals surface area contributed by atoms with Gasteiger partial charge in [0, 0.05) is 73.3 Å². The molecule has 1 N–H and O–H groups in total. The molecular formula is C56H75Cl2N5O6S. The van der Waals surface area contributed by atoms with Crippen LogP contribution in [0.2, 0.25) is 10.0 Å². The zero-order valence-corrected chi connectivity index (χ0v) is 44.3. The lowest BCUT2D eigenvalue weighted by molar-refractivity contribution is -0.159. The van der Waals surface area contributed by atoms with E-state index < -0.39 is 32.6 Å². The van der Waals surface area contributed by atoms with Crippen LogP contribution in [0.4, 0.5) is 5.69 Å². The lowest BCUT2D eigenvalue weighted by atomic mass is 9.66. The number of nitrogens with zero attached hydrogens (tertiary/aromatic N) is 4. The van der Waals surface area contributed by atoms with Gasteiger partial charge in [-0.05, 0) is 161 Å². The fourth-order valence-electron chi connectivity index (χ4n) is 12.3. The molecule has 0 saturated carbocycles. The molecule has 11 nitrogen and oxygen atoms in total. The van der Waals surface area contributed by atoms with Gasteiger partial charge >= 0.3 is 0 Å². The van der Waals surface area contributed by atoms with Crippen LogP contribution in [0.3, 0.4) is 0 Å². The highest BCUT2D eigenvalue weighted by molar-refractivity contribution is 7.92. The molecule has 0 radical (unpaired) electrons. The number of rotatable bonds is 15. The maximum Gasteiger partial charge on any atom is 0.234 e. The van der Waals surface area contributed by atoms with E-state index in [1.54, 1.807) is 13.8 Å². The number of piperidine rings is 5. The number of hydrogen-bond acceptors (Lipinski definition) is 8. The van der Waals surface area contributed by atoms with Crippen molar-refractivity contribution in [3.63, 3.8) is 0 Å². The summed E-state index contributed by atoms with van der Waals surface area (Å²) in [5, 5.41) is 3.01. The molecule has 5 aliphatic rings. The van der Waals surface area contributed by atoms with Crippen molar-refractivity contribution in [2.45, 2.75) is 134 Å². The highest BCUT2D eigenvalue weighted by atomic mass is 35.5. The number of amides is 4. The maximum atomic E-state index is 15.4. The summed E-state index contributed by atoms with van der Waals surface area (Å²) >= 11 is 13.0. The summed E-state index contributed by atoms with van der Waals surface area (Å²) in [7, 11) is -3.56. The Kier molecular flexibility index (Phi) is 16.8. The van der Waals surface area contributed by atoms with Gasteiger partial charge in [-0.2, -0.15) is 0 Å². The Balaban J connectivity index is 0.847. The van der Waals surface area contributed by atoms with Gasteiger partial charge in [-0.25, -0.2) is 8.42 Å². The monoisotopic (exact) mass is 1020 g/mol. The maximum absolute atomic E-state index is 15.4. The number of carbonyl (C=O) groups is 4. The normalized spacial score (nSPS) is 25.5. The fraction of sp³-hybridized carbons (Fsp3) is 0.607. The van der Waals surface area contributed by atoms with E-state index in [4.69, 9.17) is 23.2 Å². The number of likely N-dealkylation sites (tertiary alicyclic amines) is 3. The van der Waals surface area contributed by atoms with E-state index in [0.717, 1.165) is 62.3 Å². The van der Waals surface area contributed by atoms with Gasteiger partial charge in [-0.1, -0.05) is 80.4 Å². The SMILES string of the molecule is CC(C)[C@@H](CS(=O)(=O)C(C)C)N1C(=O)[C@@](C)(CC(=O)N2CCC(CC3CCN(CC4CCN(c5ccc([C@@H]6CCC(=O)NC6=O)cc5)CC4)CC3)CC2)C[C@H](c2cccc(Cl)c2)[C@H]1c1ccc(Cl)cc1. The Hall–Kier alpha value is -3.97. The van der Waals surface area contributed by atoms with Gasteiger partial charge in [-0.15, -0.1) is 0 Å². The smallest absolute Gasteiger partial charge is 0.234 e. The van der Waals surface area contributed by atoms with Crippen LogP contribution in [0.5, 0.6) is 0 Å².